The van der Waals surface area contributed by atoms with Crippen LogP contribution in [0.1, 0.15) is 64.4 Å². The molecule has 1 saturated heterocycles. The van der Waals surface area contributed by atoms with Crippen LogP contribution in [0.25, 0.3) is 0 Å². The largest absolute Gasteiger partial charge is 0.372 e. The van der Waals surface area contributed by atoms with Crippen LogP contribution >= 0.6 is 0 Å². The molecular formula is C26H34N4. The summed E-state index contributed by atoms with van der Waals surface area (Å²) in [4.78, 5) is 11.9. The molecule has 0 aromatic heterocycles. The minimum atomic E-state index is 0.161. The Morgan fingerprint density at radius 3 is 2.50 bits per heavy atom. The third-order valence-electron chi connectivity index (χ3n) is 7.15. The van der Waals surface area contributed by atoms with Gasteiger partial charge in [0.05, 0.1) is 11.4 Å². The van der Waals surface area contributed by atoms with Crippen LogP contribution < -0.4 is 0 Å². The number of aliphatic imine (C=N–C) groups is 2. The molecule has 0 spiro atoms. The van der Waals surface area contributed by atoms with Crippen molar-refractivity contribution in [3.8, 4) is 0 Å². The molecule has 0 unspecified atom stereocenters. The number of allylic oxidation sites excluding steroid dienone is 2. The lowest BCUT2D eigenvalue weighted by Crippen LogP contribution is -2.42. The molecule has 4 rings (SSSR count). The summed E-state index contributed by atoms with van der Waals surface area (Å²) < 4.78 is 0. The molecule has 1 N–H and O–H groups in total. The first-order valence-electron chi connectivity index (χ1n) is 11.3. The van der Waals surface area contributed by atoms with Crippen molar-refractivity contribution >= 4 is 17.1 Å². The van der Waals surface area contributed by atoms with Crippen LogP contribution in [0.2, 0.25) is 0 Å². The van der Waals surface area contributed by atoms with Crippen LogP contribution in [0.5, 0.6) is 0 Å². The summed E-state index contributed by atoms with van der Waals surface area (Å²) in [7, 11) is 0. The summed E-state index contributed by atoms with van der Waals surface area (Å²) in [6.07, 6.45) is 7.21. The highest BCUT2D eigenvalue weighted by atomic mass is 15.1. The van der Waals surface area contributed by atoms with Crippen LogP contribution in [-0.4, -0.2) is 41.7 Å². The minimum absolute atomic E-state index is 0.161. The number of likely N-dealkylation sites (tertiary alicyclic amines) is 1. The van der Waals surface area contributed by atoms with E-state index in [4.69, 9.17) is 10.4 Å². The molecule has 0 atom stereocenters. The van der Waals surface area contributed by atoms with Gasteiger partial charge in [-0.1, -0.05) is 36.9 Å². The normalized spacial score (nSPS) is 22.7. The minimum Gasteiger partial charge on any atom is -0.372 e. The third kappa shape index (κ3) is 4.19. The zero-order chi connectivity index (χ0) is 21.1. The highest BCUT2D eigenvalue weighted by Crippen LogP contribution is 2.41. The summed E-state index contributed by atoms with van der Waals surface area (Å²) >= 11 is 0. The maximum Gasteiger partial charge on any atom is 0.0555 e. The molecule has 1 aliphatic carbocycles. The molecule has 2 heterocycles. The van der Waals surface area contributed by atoms with Gasteiger partial charge in [0, 0.05) is 54.1 Å². The topological polar surface area (TPSA) is 51.8 Å². The number of piperidine rings is 1. The van der Waals surface area contributed by atoms with E-state index in [9.17, 15) is 0 Å². The van der Waals surface area contributed by atoms with Crippen molar-refractivity contribution in [2.75, 3.05) is 19.6 Å². The van der Waals surface area contributed by atoms with Crippen LogP contribution in [0, 0.1) is 5.41 Å². The highest BCUT2D eigenvalue weighted by molar-refractivity contribution is 6.42. The number of nitrogens with zero attached hydrogens (tertiary/aromatic N) is 3. The Morgan fingerprint density at radius 1 is 1.17 bits per heavy atom. The second-order valence-corrected chi connectivity index (χ2v) is 9.08. The first kappa shape index (κ1) is 20.8. The molecule has 1 aromatic rings. The lowest BCUT2D eigenvalue weighted by Gasteiger charge is -2.44. The Morgan fingerprint density at radius 2 is 1.90 bits per heavy atom. The van der Waals surface area contributed by atoms with Crippen molar-refractivity contribution in [1.82, 2.24) is 4.90 Å². The van der Waals surface area contributed by atoms with Crippen molar-refractivity contribution in [3.05, 3.63) is 59.4 Å². The molecule has 0 bridgehead atoms. The van der Waals surface area contributed by atoms with Gasteiger partial charge in [-0.25, -0.2) is 0 Å². The van der Waals surface area contributed by atoms with E-state index in [2.05, 4.69) is 60.7 Å². The van der Waals surface area contributed by atoms with Crippen molar-refractivity contribution in [3.63, 3.8) is 0 Å². The zero-order valence-electron chi connectivity index (χ0n) is 18.5. The van der Waals surface area contributed by atoms with Gasteiger partial charge in [0.2, 0.25) is 0 Å². The standard InChI is InChI=1S/C26H34N4/c1-19-18-23(20(2)29-19)21(3)30-16-13-26(14-17-30,22-8-5-4-6-9-22)12-15-28-25-11-7-10-24(25)27/h4-6,8-9,27H,3,7,10-18H2,1-2H3. The summed E-state index contributed by atoms with van der Waals surface area (Å²) in [6, 6.07) is 11.0. The molecule has 4 nitrogen and oxygen atoms in total. The fourth-order valence-electron chi connectivity index (χ4n) is 5.27. The van der Waals surface area contributed by atoms with E-state index in [1.165, 1.54) is 16.8 Å². The Hall–Kier alpha value is -2.49. The summed E-state index contributed by atoms with van der Waals surface area (Å²) in [5.74, 6) is 0. The molecule has 4 heteroatoms. The van der Waals surface area contributed by atoms with E-state index < -0.39 is 0 Å². The quantitative estimate of drug-likeness (QED) is 0.651. The molecule has 0 radical (unpaired) electrons. The molecule has 1 aromatic carbocycles. The summed E-state index contributed by atoms with van der Waals surface area (Å²) in [5, 5.41) is 8.07. The van der Waals surface area contributed by atoms with Gasteiger partial charge in [-0.15, -0.1) is 0 Å². The van der Waals surface area contributed by atoms with Gasteiger partial charge in [-0.05, 0) is 57.9 Å². The SMILES string of the molecule is C=C(C1=C(C)N=C(C)C1)N1CCC(CCN=C2CCCC2=N)(c2ccccc2)CC1. The predicted molar refractivity (Wildman–Crippen MR) is 127 cm³/mol. The molecule has 2 fully saturated rings. The van der Waals surface area contributed by atoms with Crippen LogP contribution in [0.4, 0.5) is 0 Å². The highest BCUT2D eigenvalue weighted by Gasteiger charge is 2.36. The van der Waals surface area contributed by atoms with Crippen molar-refractivity contribution in [2.45, 2.75) is 64.2 Å². The molecule has 3 aliphatic rings. The van der Waals surface area contributed by atoms with E-state index in [1.54, 1.807) is 0 Å². The number of nitrogens with one attached hydrogen (secondary N) is 1. The number of hydrogen-bond donors (Lipinski definition) is 1. The lowest BCUT2D eigenvalue weighted by atomic mass is 9.70. The van der Waals surface area contributed by atoms with Crippen LogP contribution in [0.15, 0.2) is 63.9 Å². The van der Waals surface area contributed by atoms with Gasteiger partial charge >= 0.3 is 0 Å². The van der Waals surface area contributed by atoms with E-state index in [1.807, 2.05) is 0 Å². The third-order valence-corrected chi connectivity index (χ3v) is 7.15. The fraction of sp³-hybridized carbons (Fsp3) is 0.500. The molecule has 1 saturated carbocycles. The smallest absolute Gasteiger partial charge is 0.0555 e. The number of benzene rings is 1. The Labute approximate surface area is 181 Å². The van der Waals surface area contributed by atoms with Crippen LogP contribution in [-0.2, 0) is 5.41 Å². The van der Waals surface area contributed by atoms with Gasteiger partial charge in [-0.3, -0.25) is 9.98 Å². The molecule has 158 valence electrons. The molecule has 0 amide bonds. The molecular weight excluding hydrogens is 368 g/mol. The number of hydrogen-bond acceptors (Lipinski definition) is 4. The molecule has 30 heavy (non-hydrogen) atoms. The second-order valence-electron chi connectivity index (χ2n) is 9.08. The van der Waals surface area contributed by atoms with Gasteiger partial charge in [0.15, 0.2) is 0 Å². The molecule has 2 aliphatic heterocycles. The first-order valence-corrected chi connectivity index (χ1v) is 11.3. The average molecular weight is 403 g/mol. The Bertz CT molecular complexity index is 912. The van der Waals surface area contributed by atoms with E-state index in [0.717, 1.165) is 87.4 Å². The number of rotatable bonds is 6. The average Bonchev–Trinajstić information content (AvgIpc) is 3.32. The predicted octanol–water partition coefficient (Wildman–Crippen LogP) is 5.71. The Kier molecular flexibility index (Phi) is 6.03. The van der Waals surface area contributed by atoms with Crippen LogP contribution in [0.3, 0.4) is 0 Å². The van der Waals surface area contributed by atoms with Gasteiger partial charge < -0.3 is 10.3 Å². The van der Waals surface area contributed by atoms with Crippen molar-refractivity contribution < 1.29 is 0 Å². The van der Waals surface area contributed by atoms with Crippen molar-refractivity contribution in [1.29, 1.82) is 5.41 Å². The zero-order valence-corrected chi connectivity index (χ0v) is 18.5. The Balaban J connectivity index is 1.47. The lowest BCUT2D eigenvalue weighted by molar-refractivity contribution is 0.188. The fourth-order valence-corrected chi connectivity index (χ4v) is 5.27. The van der Waals surface area contributed by atoms with Crippen molar-refractivity contribution in [2.24, 2.45) is 9.98 Å². The van der Waals surface area contributed by atoms with Gasteiger partial charge in [0.1, 0.15) is 0 Å². The van der Waals surface area contributed by atoms with E-state index in [0.29, 0.717) is 0 Å². The monoisotopic (exact) mass is 402 g/mol. The van der Waals surface area contributed by atoms with Gasteiger partial charge in [-0.2, -0.15) is 0 Å². The summed E-state index contributed by atoms with van der Waals surface area (Å²) in [5.41, 5.74) is 8.19. The maximum atomic E-state index is 8.07. The first-order chi connectivity index (χ1) is 14.5. The van der Waals surface area contributed by atoms with Gasteiger partial charge in [0.25, 0.3) is 0 Å². The maximum absolute atomic E-state index is 8.07. The van der Waals surface area contributed by atoms with E-state index >= 15 is 0 Å². The van der Waals surface area contributed by atoms with E-state index in [-0.39, 0.29) is 5.41 Å². The second kappa shape index (κ2) is 8.71. The summed E-state index contributed by atoms with van der Waals surface area (Å²) in [6.45, 7) is 11.5.